The summed E-state index contributed by atoms with van der Waals surface area (Å²) < 4.78 is 33.0. The van der Waals surface area contributed by atoms with E-state index in [-0.39, 0.29) is 17.1 Å². The van der Waals surface area contributed by atoms with Gasteiger partial charge in [0.05, 0.1) is 5.56 Å². The first kappa shape index (κ1) is 13.8. The SMILES string of the molecule is Nc1onc(-c2cc(F)cc(Br)c2)c1-c1ccccc1F. The highest BCUT2D eigenvalue weighted by atomic mass is 79.9. The largest absolute Gasteiger partial charge is 0.367 e. The van der Waals surface area contributed by atoms with Crippen molar-refractivity contribution in [1.29, 1.82) is 0 Å². The number of rotatable bonds is 2. The van der Waals surface area contributed by atoms with Crippen LogP contribution in [-0.4, -0.2) is 5.16 Å². The van der Waals surface area contributed by atoms with E-state index in [0.717, 1.165) is 0 Å². The highest BCUT2D eigenvalue weighted by Gasteiger charge is 2.20. The van der Waals surface area contributed by atoms with Gasteiger partial charge in [-0.05, 0) is 24.3 Å². The van der Waals surface area contributed by atoms with Crippen molar-refractivity contribution >= 4 is 21.8 Å². The molecule has 2 aromatic carbocycles. The van der Waals surface area contributed by atoms with Gasteiger partial charge in [0.2, 0.25) is 5.88 Å². The summed E-state index contributed by atoms with van der Waals surface area (Å²) in [5.74, 6) is -0.917. The average molecular weight is 351 g/mol. The Kier molecular flexibility index (Phi) is 3.47. The number of nitrogens with two attached hydrogens (primary N) is 1. The van der Waals surface area contributed by atoms with Crippen LogP contribution in [0.15, 0.2) is 51.5 Å². The topological polar surface area (TPSA) is 52.0 Å². The van der Waals surface area contributed by atoms with Crippen LogP contribution >= 0.6 is 15.9 Å². The van der Waals surface area contributed by atoms with Crippen LogP contribution in [0.5, 0.6) is 0 Å². The lowest BCUT2D eigenvalue weighted by molar-refractivity contribution is 0.439. The number of benzene rings is 2. The predicted octanol–water partition coefficient (Wildman–Crippen LogP) is 4.63. The number of aromatic nitrogens is 1. The molecule has 0 unspecified atom stereocenters. The molecule has 0 bridgehead atoms. The third-order valence-corrected chi connectivity index (χ3v) is 3.46. The molecular formula is C15H9BrF2N2O. The Hall–Kier alpha value is -2.21. The van der Waals surface area contributed by atoms with Crippen LogP contribution in [0.1, 0.15) is 0 Å². The van der Waals surface area contributed by atoms with E-state index < -0.39 is 11.6 Å². The first-order chi connectivity index (χ1) is 10.1. The fourth-order valence-corrected chi connectivity index (χ4v) is 2.58. The number of hydrogen-bond donors (Lipinski definition) is 1. The molecule has 1 heterocycles. The molecule has 0 aliphatic carbocycles. The third-order valence-electron chi connectivity index (χ3n) is 3.00. The molecule has 3 rings (SSSR count). The van der Waals surface area contributed by atoms with E-state index in [0.29, 0.717) is 15.6 Å². The fourth-order valence-electron chi connectivity index (χ4n) is 2.11. The Morgan fingerprint density at radius 2 is 1.86 bits per heavy atom. The number of nitrogen functional groups attached to an aromatic ring is 1. The van der Waals surface area contributed by atoms with E-state index in [1.54, 1.807) is 24.3 Å². The zero-order valence-electron chi connectivity index (χ0n) is 10.6. The van der Waals surface area contributed by atoms with Crippen molar-refractivity contribution in [2.24, 2.45) is 0 Å². The van der Waals surface area contributed by atoms with Crippen LogP contribution in [0.25, 0.3) is 22.4 Å². The second-order valence-corrected chi connectivity index (χ2v) is 5.32. The summed E-state index contributed by atoms with van der Waals surface area (Å²) in [6.07, 6.45) is 0. The highest BCUT2D eigenvalue weighted by Crippen LogP contribution is 2.38. The summed E-state index contributed by atoms with van der Waals surface area (Å²) in [4.78, 5) is 0. The summed E-state index contributed by atoms with van der Waals surface area (Å²) in [5, 5.41) is 3.83. The van der Waals surface area contributed by atoms with Gasteiger partial charge in [-0.25, -0.2) is 8.78 Å². The maximum atomic E-state index is 14.0. The zero-order chi connectivity index (χ0) is 15.0. The quantitative estimate of drug-likeness (QED) is 0.732. The average Bonchev–Trinajstić information content (AvgIpc) is 2.80. The molecule has 0 saturated carbocycles. The molecule has 3 nitrogen and oxygen atoms in total. The predicted molar refractivity (Wildman–Crippen MR) is 79.4 cm³/mol. The molecular weight excluding hydrogens is 342 g/mol. The molecule has 6 heteroatoms. The van der Waals surface area contributed by atoms with Crippen LogP contribution in [0, 0.1) is 11.6 Å². The van der Waals surface area contributed by atoms with Crippen LogP contribution in [0.4, 0.5) is 14.7 Å². The van der Waals surface area contributed by atoms with Gasteiger partial charge in [0.15, 0.2) is 0 Å². The Morgan fingerprint density at radius 1 is 1.10 bits per heavy atom. The van der Waals surface area contributed by atoms with Crippen molar-refractivity contribution in [2.75, 3.05) is 5.73 Å². The van der Waals surface area contributed by atoms with Crippen molar-refractivity contribution < 1.29 is 13.3 Å². The van der Waals surface area contributed by atoms with Crippen molar-refractivity contribution in [2.45, 2.75) is 0 Å². The normalized spacial score (nSPS) is 10.8. The summed E-state index contributed by atoms with van der Waals surface area (Å²) >= 11 is 3.21. The second kappa shape index (κ2) is 5.29. The molecule has 0 saturated heterocycles. The summed E-state index contributed by atoms with van der Waals surface area (Å²) in [6.45, 7) is 0. The lowest BCUT2D eigenvalue weighted by Gasteiger charge is -2.05. The smallest absolute Gasteiger partial charge is 0.230 e. The molecule has 2 N–H and O–H groups in total. The van der Waals surface area contributed by atoms with Gasteiger partial charge < -0.3 is 10.3 Å². The van der Waals surface area contributed by atoms with Gasteiger partial charge in [-0.2, -0.15) is 0 Å². The van der Waals surface area contributed by atoms with E-state index in [1.165, 1.54) is 18.2 Å². The minimum atomic E-state index is -0.455. The van der Waals surface area contributed by atoms with E-state index in [2.05, 4.69) is 21.1 Å². The van der Waals surface area contributed by atoms with E-state index in [1.807, 2.05) is 0 Å². The Balaban J connectivity index is 2.24. The van der Waals surface area contributed by atoms with Crippen molar-refractivity contribution in [1.82, 2.24) is 5.16 Å². The molecule has 0 amide bonds. The highest BCUT2D eigenvalue weighted by molar-refractivity contribution is 9.10. The van der Waals surface area contributed by atoms with Gasteiger partial charge >= 0.3 is 0 Å². The summed E-state index contributed by atoms with van der Waals surface area (Å²) in [7, 11) is 0. The molecule has 3 aromatic rings. The monoisotopic (exact) mass is 350 g/mol. The lowest BCUT2D eigenvalue weighted by atomic mass is 10.0. The summed E-state index contributed by atoms with van der Waals surface area (Å²) in [6, 6.07) is 10.4. The van der Waals surface area contributed by atoms with Gasteiger partial charge in [0, 0.05) is 15.6 Å². The van der Waals surface area contributed by atoms with Gasteiger partial charge in [0.25, 0.3) is 0 Å². The number of anilines is 1. The molecule has 106 valence electrons. The molecule has 21 heavy (non-hydrogen) atoms. The van der Waals surface area contributed by atoms with E-state index >= 15 is 0 Å². The van der Waals surface area contributed by atoms with Crippen LogP contribution in [0.2, 0.25) is 0 Å². The minimum Gasteiger partial charge on any atom is -0.367 e. The van der Waals surface area contributed by atoms with Crippen molar-refractivity contribution in [3.8, 4) is 22.4 Å². The van der Waals surface area contributed by atoms with Crippen molar-refractivity contribution in [3.05, 3.63) is 58.6 Å². The zero-order valence-corrected chi connectivity index (χ0v) is 12.2. The molecule has 0 aliphatic heterocycles. The lowest BCUT2D eigenvalue weighted by Crippen LogP contribution is -1.91. The van der Waals surface area contributed by atoms with E-state index in [9.17, 15) is 8.78 Å². The second-order valence-electron chi connectivity index (χ2n) is 4.41. The van der Waals surface area contributed by atoms with Gasteiger partial charge in [-0.1, -0.05) is 39.3 Å². The first-order valence-corrected chi connectivity index (χ1v) is 6.82. The number of halogens is 3. The minimum absolute atomic E-state index is 0.0181. The van der Waals surface area contributed by atoms with Gasteiger partial charge in [-0.15, -0.1) is 0 Å². The first-order valence-electron chi connectivity index (χ1n) is 6.03. The number of nitrogens with zero attached hydrogens (tertiary/aromatic N) is 1. The van der Waals surface area contributed by atoms with Crippen LogP contribution in [-0.2, 0) is 0 Å². The molecule has 0 fully saturated rings. The van der Waals surface area contributed by atoms with Crippen molar-refractivity contribution in [3.63, 3.8) is 0 Å². The molecule has 0 spiro atoms. The van der Waals surface area contributed by atoms with Gasteiger partial charge in [-0.3, -0.25) is 0 Å². The Bertz CT molecular complexity index is 797. The molecule has 0 atom stereocenters. The van der Waals surface area contributed by atoms with Crippen LogP contribution < -0.4 is 5.73 Å². The molecule has 0 aliphatic rings. The molecule has 0 radical (unpaired) electrons. The summed E-state index contributed by atoms with van der Waals surface area (Å²) in [5.41, 5.74) is 7.06. The fraction of sp³-hybridized carbons (Fsp3) is 0. The Morgan fingerprint density at radius 3 is 2.57 bits per heavy atom. The maximum Gasteiger partial charge on any atom is 0.230 e. The maximum absolute atomic E-state index is 14.0. The van der Waals surface area contributed by atoms with E-state index in [4.69, 9.17) is 10.3 Å². The molecule has 1 aromatic heterocycles. The Labute approximate surface area is 127 Å². The van der Waals surface area contributed by atoms with Crippen LogP contribution in [0.3, 0.4) is 0 Å². The standard InChI is InChI=1S/C15H9BrF2N2O/c16-9-5-8(6-10(17)7-9)14-13(15(19)21-20-14)11-3-1-2-4-12(11)18/h1-7H,19H2. The third kappa shape index (κ3) is 2.54. The number of hydrogen-bond acceptors (Lipinski definition) is 3. The van der Waals surface area contributed by atoms with Gasteiger partial charge in [0.1, 0.15) is 17.3 Å².